The average molecular weight is 474 g/mol. The largest absolute Gasteiger partial charge is 0.486 e. The van der Waals surface area contributed by atoms with E-state index in [4.69, 9.17) is 9.47 Å². The zero-order valence-corrected chi connectivity index (χ0v) is 19.3. The number of carbonyl (C=O) groups is 2. The lowest BCUT2D eigenvalue weighted by Crippen LogP contribution is -2.47. The van der Waals surface area contributed by atoms with Crippen LogP contribution in [0.25, 0.3) is 0 Å². The Kier molecular flexibility index (Phi) is 6.57. The molecule has 176 valence electrons. The van der Waals surface area contributed by atoms with Gasteiger partial charge in [0.05, 0.1) is 4.90 Å². The van der Waals surface area contributed by atoms with Gasteiger partial charge in [0, 0.05) is 23.4 Å². The third-order valence-corrected chi connectivity index (χ3v) is 6.80. The number of amides is 2. The van der Waals surface area contributed by atoms with Crippen molar-refractivity contribution in [2.45, 2.75) is 43.7 Å². The first-order valence-corrected chi connectivity index (χ1v) is 12.3. The number of hydrogen-bond donors (Lipinski definition) is 3. The van der Waals surface area contributed by atoms with Gasteiger partial charge >= 0.3 is 0 Å². The van der Waals surface area contributed by atoms with Crippen LogP contribution in [0.3, 0.4) is 0 Å². The van der Waals surface area contributed by atoms with Gasteiger partial charge in [-0.05, 0) is 49.1 Å². The number of fused-ring (bicyclic) bond motifs is 1. The Bertz CT molecular complexity index is 1160. The summed E-state index contributed by atoms with van der Waals surface area (Å²) in [4.78, 5) is 25.2. The fourth-order valence-electron chi connectivity index (χ4n) is 3.37. The van der Waals surface area contributed by atoms with Crippen LogP contribution >= 0.6 is 0 Å². The molecule has 33 heavy (non-hydrogen) atoms. The van der Waals surface area contributed by atoms with E-state index in [1.165, 1.54) is 18.2 Å². The van der Waals surface area contributed by atoms with Gasteiger partial charge in [0.1, 0.15) is 19.3 Å². The van der Waals surface area contributed by atoms with Crippen molar-refractivity contribution >= 4 is 27.5 Å². The molecule has 1 heterocycles. The molecule has 0 unspecified atom stereocenters. The molecule has 3 N–H and O–H groups in total. The number of nitrogens with one attached hydrogen (secondary N) is 3. The zero-order valence-electron chi connectivity index (χ0n) is 18.5. The Labute approximate surface area is 192 Å². The predicted octanol–water partition coefficient (Wildman–Crippen LogP) is 2.29. The van der Waals surface area contributed by atoms with Crippen molar-refractivity contribution in [2.75, 3.05) is 18.5 Å². The first kappa shape index (κ1) is 23.1. The molecule has 2 aromatic carbocycles. The lowest BCUT2D eigenvalue weighted by atomic mass is 10.0. The summed E-state index contributed by atoms with van der Waals surface area (Å²) in [5.41, 5.74) is 0.838. The van der Waals surface area contributed by atoms with Gasteiger partial charge < -0.3 is 20.1 Å². The predicted molar refractivity (Wildman–Crippen MR) is 122 cm³/mol. The zero-order chi connectivity index (χ0) is 23.6. The number of hydrogen-bond acceptors (Lipinski definition) is 6. The lowest BCUT2D eigenvalue weighted by Gasteiger charge is -2.23. The normalized spacial score (nSPS) is 16.2. The molecule has 1 aliphatic carbocycles. The van der Waals surface area contributed by atoms with E-state index in [2.05, 4.69) is 15.4 Å². The van der Waals surface area contributed by atoms with E-state index in [0.717, 1.165) is 12.8 Å². The summed E-state index contributed by atoms with van der Waals surface area (Å²) in [6.45, 7) is 4.22. The molecule has 9 nitrogen and oxygen atoms in total. The summed E-state index contributed by atoms with van der Waals surface area (Å²) in [7, 11) is -4.01. The van der Waals surface area contributed by atoms with Crippen molar-refractivity contribution in [2.24, 2.45) is 5.92 Å². The van der Waals surface area contributed by atoms with Gasteiger partial charge in [-0.2, -0.15) is 4.72 Å². The van der Waals surface area contributed by atoms with Gasteiger partial charge in [-0.15, -0.1) is 0 Å². The first-order chi connectivity index (χ1) is 15.7. The molecule has 4 rings (SSSR count). The molecule has 1 aliphatic heterocycles. The monoisotopic (exact) mass is 473 g/mol. The van der Waals surface area contributed by atoms with Crippen molar-refractivity contribution in [3.05, 3.63) is 48.0 Å². The molecule has 1 saturated carbocycles. The smallest absolute Gasteiger partial charge is 0.251 e. The van der Waals surface area contributed by atoms with Crippen LogP contribution in [0.5, 0.6) is 11.5 Å². The minimum Gasteiger partial charge on any atom is -0.486 e. The molecule has 0 radical (unpaired) electrons. The third-order valence-electron chi connectivity index (χ3n) is 5.36. The Balaban J connectivity index is 1.48. The first-order valence-electron chi connectivity index (χ1n) is 10.9. The third kappa shape index (κ3) is 5.63. The molecule has 0 aromatic heterocycles. The maximum absolute atomic E-state index is 13.0. The highest BCUT2D eigenvalue weighted by molar-refractivity contribution is 7.89. The summed E-state index contributed by atoms with van der Waals surface area (Å²) < 4.78 is 39.4. The molecule has 2 aromatic rings. The van der Waals surface area contributed by atoms with E-state index in [0.29, 0.717) is 36.0 Å². The molecule has 1 atom stereocenters. The molecule has 2 aliphatic rings. The Morgan fingerprint density at radius 3 is 2.42 bits per heavy atom. The van der Waals surface area contributed by atoms with Gasteiger partial charge in [0.25, 0.3) is 5.91 Å². The second-order valence-electron chi connectivity index (χ2n) is 8.47. The minimum atomic E-state index is -4.01. The minimum absolute atomic E-state index is 0.0241. The van der Waals surface area contributed by atoms with Crippen LogP contribution in [0, 0.1) is 5.92 Å². The van der Waals surface area contributed by atoms with Gasteiger partial charge in [-0.1, -0.05) is 19.9 Å². The van der Waals surface area contributed by atoms with Gasteiger partial charge in [-0.25, -0.2) is 8.42 Å². The van der Waals surface area contributed by atoms with Gasteiger partial charge in [0.2, 0.25) is 15.9 Å². The van der Waals surface area contributed by atoms with E-state index in [-0.39, 0.29) is 22.8 Å². The van der Waals surface area contributed by atoms with E-state index in [1.54, 1.807) is 38.1 Å². The molecule has 0 spiro atoms. The van der Waals surface area contributed by atoms with E-state index in [9.17, 15) is 18.0 Å². The molecule has 2 amide bonds. The second kappa shape index (κ2) is 9.40. The maximum Gasteiger partial charge on any atom is 0.251 e. The number of benzene rings is 2. The Hall–Kier alpha value is -3.11. The molecular weight excluding hydrogens is 446 g/mol. The SMILES string of the molecule is CC(C)[C@H](NS(=O)(=O)c1ccc2c(c1)OCCO2)C(=O)Nc1cccc(C(=O)NC2CC2)c1. The van der Waals surface area contributed by atoms with Crippen molar-refractivity contribution in [3.63, 3.8) is 0 Å². The summed E-state index contributed by atoms with van der Waals surface area (Å²) >= 11 is 0. The molecular formula is C23H27N3O6S. The van der Waals surface area contributed by atoms with E-state index in [1.807, 2.05) is 0 Å². The van der Waals surface area contributed by atoms with E-state index >= 15 is 0 Å². The van der Waals surface area contributed by atoms with Crippen molar-refractivity contribution < 1.29 is 27.5 Å². The lowest BCUT2D eigenvalue weighted by molar-refractivity contribution is -0.118. The highest BCUT2D eigenvalue weighted by Gasteiger charge is 2.30. The molecule has 10 heteroatoms. The second-order valence-corrected chi connectivity index (χ2v) is 10.2. The summed E-state index contributed by atoms with van der Waals surface area (Å²) in [6, 6.07) is 10.1. The molecule has 1 fully saturated rings. The molecule has 0 bridgehead atoms. The maximum atomic E-state index is 13.0. The topological polar surface area (TPSA) is 123 Å². The van der Waals surface area contributed by atoms with Crippen molar-refractivity contribution in [1.82, 2.24) is 10.0 Å². The number of rotatable bonds is 8. The van der Waals surface area contributed by atoms with E-state index < -0.39 is 22.0 Å². The Morgan fingerprint density at radius 2 is 1.73 bits per heavy atom. The van der Waals surface area contributed by atoms with Crippen LogP contribution in [-0.2, 0) is 14.8 Å². The number of ether oxygens (including phenoxy) is 2. The summed E-state index contributed by atoms with van der Waals surface area (Å²) in [6.07, 6.45) is 1.95. The highest BCUT2D eigenvalue weighted by Crippen LogP contribution is 2.32. The fraction of sp³-hybridized carbons (Fsp3) is 0.391. The summed E-state index contributed by atoms with van der Waals surface area (Å²) in [5.74, 6) is -0.238. The fourth-order valence-corrected chi connectivity index (χ4v) is 4.73. The number of sulfonamides is 1. The number of anilines is 1. The van der Waals surface area contributed by atoms with Crippen molar-refractivity contribution in [1.29, 1.82) is 0 Å². The Morgan fingerprint density at radius 1 is 1.00 bits per heavy atom. The quantitative estimate of drug-likeness (QED) is 0.541. The van der Waals surface area contributed by atoms with Crippen LogP contribution < -0.4 is 24.8 Å². The van der Waals surface area contributed by atoms with Gasteiger partial charge in [-0.3, -0.25) is 9.59 Å². The standard InChI is InChI=1S/C23H27N3O6S/c1-14(2)21(26-33(29,30)18-8-9-19-20(13-18)32-11-10-31-19)23(28)25-17-5-3-4-15(12-17)22(27)24-16-6-7-16/h3-5,8-9,12-14,16,21,26H,6-7,10-11H2,1-2H3,(H,24,27)(H,25,28)/t21-/m0/s1. The highest BCUT2D eigenvalue weighted by atomic mass is 32.2. The van der Waals surface area contributed by atoms with Crippen molar-refractivity contribution in [3.8, 4) is 11.5 Å². The van der Waals surface area contributed by atoms with Crippen LogP contribution in [0.2, 0.25) is 0 Å². The average Bonchev–Trinajstić information content (AvgIpc) is 3.61. The number of carbonyl (C=O) groups excluding carboxylic acids is 2. The van der Waals surface area contributed by atoms with Crippen LogP contribution in [0.4, 0.5) is 5.69 Å². The van der Waals surface area contributed by atoms with Crippen LogP contribution in [0.15, 0.2) is 47.4 Å². The summed E-state index contributed by atoms with van der Waals surface area (Å²) in [5, 5.41) is 5.62. The van der Waals surface area contributed by atoms with Crippen LogP contribution in [-0.4, -0.2) is 45.5 Å². The van der Waals surface area contributed by atoms with Gasteiger partial charge in [0.15, 0.2) is 11.5 Å². The van der Waals surface area contributed by atoms with Crippen LogP contribution in [0.1, 0.15) is 37.0 Å². The molecule has 0 saturated heterocycles.